The molecule has 0 spiro atoms. The summed E-state index contributed by atoms with van der Waals surface area (Å²) in [5, 5.41) is 5.47. The number of nitrogens with zero attached hydrogens (tertiary/aromatic N) is 4. The minimum atomic E-state index is -0.0428. The summed E-state index contributed by atoms with van der Waals surface area (Å²) in [7, 11) is 0. The number of aromatic nitrogens is 4. The third-order valence-corrected chi connectivity index (χ3v) is 3.52. The van der Waals surface area contributed by atoms with E-state index in [-0.39, 0.29) is 12.2 Å². The zero-order valence-corrected chi connectivity index (χ0v) is 11.2. The maximum absolute atomic E-state index is 12.1. The molecule has 3 rings (SSSR count). The van der Waals surface area contributed by atoms with Crippen LogP contribution in [0.1, 0.15) is 23.2 Å². The predicted molar refractivity (Wildman–Crippen MR) is 73.4 cm³/mol. The van der Waals surface area contributed by atoms with Gasteiger partial charge in [-0.15, -0.1) is 5.10 Å². The lowest BCUT2D eigenvalue weighted by Crippen LogP contribution is -2.10. The molecular formula is C13H12N4OS. The number of aryl methyl sites for hydroxylation is 1. The number of imidazole rings is 1. The van der Waals surface area contributed by atoms with Crippen LogP contribution in [0.2, 0.25) is 0 Å². The first-order chi connectivity index (χ1) is 9.29. The van der Waals surface area contributed by atoms with Crippen LogP contribution in [0.4, 0.5) is 0 Å². The standard InChI is InChI=1S/C13H12N4OS/c1-2-17-11-6-4-3-5-9(11)14-13(17)7-12(18)10-8-19-16-15-10/h3-6,8H,2,7H2,1H3. The number of benzene rings is 1. The van der Waals surface area contributed by atoms with Crippen LogP contribution < -0.4 is 0 Å². The van der Waals surface area contributed by atoms with Crippen LogP contribution in [-0.4, -0.2) is 24.9 Å². The van der Waals surface area contributed by atoms with Gasteiger partial charge >= 0.3 is 0 Å². The van der Waals surface area contributed by atoms with Gasteiger partial charge in [0.2, 0.25) is 0 Å². The Labute approximate surface area is 114 Å². The summed E-state index contributed by atoms with van der Waals surface area (Å²) in [5.74, 6) is 0.737. The third kappa shape index (κ3) is 2.15. The number of hydrogen-bond donors (Lipinski definition) is 0. The first-order valence-corrected chi connectivity index (χ1v) is 6.87. The smallest absolute Gasteiger partial charge is 0.191 e. The molecule has 2 heterocycles. The minimum absolute atomic E-state index is 0.0428. The largest absolute Gasteiger partial charge is 0.328 e. The van der Waals surface area contributed by atoms with Gasteiger partial charge in [-0.3, -0.25) is 4.79 Å². The van der Waals surface area contributed by atoms with E-state index in [9.17, 15) is 4.79 Å². The zero-order valence-electron chi connectivity index (χ0n) is 10.4. The number of carbonyl (C=O) groups is 1. The average molecular weight is 272 g/mol. The molecule has 19 heavy (non-hydrogen) atoms. The predicted octanol–water partition coefficient (Wildman–Crippen LogP) is 2.33. The molecule has 3 aromatic rings. The fourth-order valence-electron chi connectivity index (χ4n) is 2.13. The van der Waals surface area contributed by atoms with Gasteiger partial charge in [0.15, 0.2) is 5.78 Å². The molecule has 0 fully saturated rings. The molecule has 5 nitrogen and oxygen atoms in total. The van der Waals surface area contributed by atoms with Gasteiger partial charge in [0.1, 0.15) is 11.5 Å². The van der Waals surface area contributed by atoms with E-state index in [1.807, 2.05) is 31.2 Å². The summed E-state index contributed by atoms with van der Waals surface area (Å²) >= 11 is 1.18. The van der Waals surface area contributed by atoms with Gasteiger partial charge in [-0.25, -0.2) is 4.98 Å². The van der Waals surface area contributed by atoms with E-state index in [1.54, 1.807) is 5.38 Å². The third-order valence-electron chi connectivity index (χ3n) is 3.01. The second-order valence-corrected chi connectivity index (χ2v) is 4.76. The molecular weight excluding hydrogens is 260 g/mol. The van der Waals surface area contributed by atoms with E-state index in [2.05, 4.69) is 19.1 Å². The molecule has 0 N–H and O–H groups in total. The van der Waals surface area contributed by atoms with Crippen LogP contribution in [-0.2, 0) is 13.0 Å². The molecule has 0 saturated carbocycles. The summed E-state index contributed by atoms with van der Waals surface area (Å²) in [4.78, 5) is 16.6. The fourth-order valence-corrected chi connectivity index (χ4v) is 2.59. The summed E-state index contributed by atoms with van der Waals surface area (Å²) < 4.78 is 5.78. The Kier molecular flexibility index (Phi) is 3.08. The van der Waals surface area contributed by atoms with Crippen LogP contribution in [0.15, 0.2) is 29.6 Å². The topological polar surface area (TPSA) is 60.7 Å². The molecule has 0 aliphatic carbocycles. The first kappa shape index (κ1) is 12.0. The van der Waals surface area contributed by atoms with Crippen molar-refractivity contribution in [1.29, 1.82) is 0 Å². The van der Waals surface area contributed by atoms with Gasteiger partial charge < -0.3 is 4.57 Å². The van der Waals surface area contributed by atoms with Crippen LogP contribution in [0, 0.1) is 0 Å². The highest BCUT2D eigenvalue weighted by Gasteiger charge is 2.15. The molecule has 96 valence electrons. The SMILES string of the molecule is CCn1c(CC(=O)c2csnn2)nc2ccccc21. The van der Waals surface area contributed by atoms with Crippen molar-refractivity contribution < 1.29 is 4.79 Å². The monoisotopic (exact) mass is 272 g/mol. The number of ketones is 1. The van der Waals surface area contributed by atoms with E-state index in [0.717, 1.165) is 23.4 Å². The Morgan fingerprint density at radius 2 is 2.21 bits per heavy atom. The summed E-state index contributed by atoms with van der Waals surface area (Å²) in [6, 6.07) is 7.90. The highest BCUT2D eigenvalue weighted by molar-refractivity contribution is 7.03. The van der Waals surface area contributed by atoms with E-state index in [0.29, 0.717) is 5.69 Å². The molecule has 6 heteroatoms. The Hall–Kier alpha value is -2.08. The lowest BCUT2D eigenvalue weighted by molar-refractivity contribution is 0.0985. The molecule has 0 unspecified atom stereocenters. The molecule has 0 aliphatic heterocycles. The number of para-hydroxylation sites is 2. The van der Waals surface area contributed by atoms with Crippen LogP contribution >= 0.6 is 11.5 Å². The van der Waals surface area contributed by atoms with Crippen molar-refractivity contribution >= 4 is 28.3 Å². The lowest BCUT2D eigenvalue weighted by Gasteiger charge is -2.04. The number of hydrogen-bond acceptors (Lipinski definition) is 5. The van der Waals surface area contributed by atoms with E-state index in [1.165, 1.54) is 11.5 Å². The summed E-state index contributed by atoms with van der Waals surface area (Å²) in [6.45, 7) is 2.84. The summed E-state index contributed by atoms with van der Waals surface area (Å²) in [5.41, 5.74) is 2.40. The number of rotatable bonds is 4. The van der Waals surface area contributed by atoms with Gasteiger partial charge in [0.05, 0.1) is 17.5 Å². The Morgan fingerprint density at radius 3 is 2.95 bits per heavy atom. The van der Waals surface area contributed by atoms with Gasteiger partial charge in [0, 0.05) is 11.9 Å². The second kappa shape index (κ2) is 4.89. The highest BCUT2D eigenvalue weighted by Crippen LogP contribution is 2.17. The Bertz CT molecular complexity index is 717. The fraction of sp³-hybridized carbons (Fsp3) is 0.231. The van der Waals surface area contributed by atoms with Gasteiger partial charge in [-0.05, 0) is 30.6 Å². The molecule has 0 amide bonds. The minimum Gasteiger partial charge on any atom is -0.328 e. The van der Waals surface area contributed by atoms with Crippen LogP contribution in [0.5, 0.6) is 0 Å². The molecule has 0 atom stereocenters. The highest BCUT2D eigenvalue weighted by atomic mass is 32.1. The first-order valence-electron chi connectivity index (χ1n) is 6.04. The maximum atomic E-state index is 12.1. The van der Waals surface area contributed by atoms with Gasteiger partial charge in [-0.1, -0.05) is 16.6 Å². The van der Waals surface area contributed by atoms with Crippen molar-refractivity contribution in [3.8, 4) is 0 Å². The molecule has 0 aliphatic rings. The molecule has 0 saturated heterocycles. The quantitative estimate of drug-likeness (QED) is 0.684. The van der Waals surface area contributed by atoms with Crippen molar-refractivity contribution in [2.24, 2.45) is 0 Å². The van der Waals surface area contributed by atoms with Gasteiger partial charge in [-0.2, -0.15) is 0 Å². The van der Waals surface area contributed by atoms with Crippen molar-refractivity contribution in [1.82, 2.24) is 19.1 Å². The molecule has 1 aromatic carbocycles. The second-order valence-electron chi connectivity index (χ2n) is 4.15. The maximum Gasteiger partial charge on any atom is 0.191 e. The van der Waals surface area contributed by atoms with Gasteiger partial charge in [0.25, 0.3) is 0 Å². The lowest BCUT2D eigenvalue weighted by atomic mass is 10.2. The Balaban J connectivity index is 1.99. The normalized spacial score (nSPS) is 11.0. The summed E-state index contributed by atoms with van der Waals surface area (Å²) in [6.07, 6.45) is 0.258. The van der Waals surface area contributed by atoms with Crippen molar-refractivity contribution in [2.75, 3.05) is 0 Å². The van der Waals surface area contributed by atoms with Crippen LogP contribution in [0.25, 0.3) is 11.0 Å². The van der Waals surface area contributed by atoms with Crippen LogP contribution in [0.3, 0.4) is 0 Å². The van der Waals surface area contributed by atoms with E-state index in [4.69, 9.17) is 0 Å². The molecule has 2 aromatic heterocycles. The molecule has 0 bridgehead atoms. The van der Waals surface area contributed by atoms with Crippen molar-refractivity contribution in [3.63, 3.8) is 0 Å². The Morgan fingerprint density at radius 1 is 1.37 bits per heavy atom. The number of carbonyl (C=O) groups excluding carboxylic acids is 1. The average Bonchev–Trinajstić information content (AvgIpc) is 3.05. The number of Topliss-reactive ketones (excluding diaryl/α,β-unsaturated/α-hetero) is 1. The van der Waals surface area contributed by atoms with E-state index < -0.39 is 0 Å². The van der Waals surface area contributed by atoms with E-state index >= 15 is 0 Å². The number of fused-ring (bicyclic) bond motifs is 1. The van der Waals surface area contributed by atoms with Crippen molar-refractivity contribution in [2.45, 2.75) is 19.9 Å². The zero-order chi connectivity index (χ0) is 13.2. The van der Waals surface area contributed by atoms with Crippen molar-refractivity contribution in [3.05, 3.63) is 41.2 Å². The molecule has 0 radical (unpaired) electrons.